The Hall–Kier alpha value is -3.55. The second-order valence-corrected chi connectivity index (χ2v) is 10.3. The summed E-state index contributed by atoms with van der Waals surface area (Å²) in [5.41, 5.74) is 6.81. The molecule has 0 saturated heterocycles. The summed E-state index contributed by atoms with van der Waals surface area (Å²) in [5, 5.41) is 5.51. The summed E-state index contributed by atoms with van der Waals surface area (Å²) in [6, 6.07) is 4.69. The highest BCUT2D eigenvalue weighted by Gasteiger charge is 2.23. The van der Waals surface area contributed by atoms with Crippen molar-refractivity contribution >= 4 is 29.3 Å². The lowest BCUT2D eigenvalue weighted by Crippen LogP contribution is -2.27. The molecule has 0 saturated carbocycles. The highest BCUT2D eigenvalue weighted by Crippen LogP contribution is 2.31. The highest BCUT2D eigenvalue weighted by molar-refractivity contribution is 5.97. The number of rotatable bonds is 5. The predicted molar refractivity (Wildman–Crippen MR) is 136 cm³/mol. The SMILES string of the molecule is CC1C=CC(C(=O)Nc2ccc(OC(=O)C3=CC(C)CC(N)=C3)c(NC(=O)OC(C)(C)C)c2)CC1. The maximum absolute atomic E-state index is 12.8. The average molecular weight is 482 g/mol. The maximum Gasteiger partial charge on any atom is 0.412 e. The molecule has 2 aliphatic carbocycles. The Bertz CT molecular complexity index is 1080. The first-order valence-electron chi connectivity index (χ1n) is 11.9. The third kappa shape index (κ3) is 7.73. The number of allylic oxidation sites excluding steroid dienone is 3. The van der Waals surface area contributed by atoms with E-state index < -0.39 is 17.7 Å². The Balaban J connectivity index is 1.82. The van der Waals surface area contributed by atoms with Gasteiger partial charge in [0, 0.05) is 11.4 Å². The molecule has 35 heavy (non-hydrogen) atoms. The van der Waals surface area contributed by atoms with Crippen molar-refractivity contribution in [1.82, 2.24) is 0 Å². The first-order valence-corrected chi connectivity index (χ1v) is 11.9. The molecule has 2 amide bonds. The number of anilines is 2. The molecule has 0 aliphatic heterocycles. The lowest BCUT2D eigenvalue weighted by Gasteiger charge is -2.22. The van der Waals surface area contributed by atoms with Crippen LogP contribution in [0.25, 0.3) is 0 Å². The smallest absolute Gasteiger partial charge is 0.412 e. The van der Waals surface area contributed by atoms with Crippen molar-refractivity contribution in [3.8, 4) is 5.75 Å². The molecule has 188 valence electrons. The summed E-state index contributed by atoms with van der Waals surface area (Å²) in [4.78, 5) is 38.0. The Morgan fingerprint density at radius 2 is 1.77 bits per heavy atom. The minimum atomic E-state index is -0.720. The second kappa shape index (κ2) is 10.8. The molecule has 1 aromatic carbocycles. The van der Waals surface area contributed by atoms with E-state index in [0.29, 0.717) is 29.3 Å². The van der Waals surface area contributed by atoms with Gasteiger partial charge in [-0.2, -0.15) is 0 Å². The highest BCUT2D eigenvalue weighted by atomic mass is 16.6. The number of benzene rings is 1. The van der Waals surface area contributed by atoms with Gasteiger partial charge in [-0.3, -0.25) is 10.1 Å². The largest absolute Gasteiger partial charge is 0.444 e. The molecule has 0 fully saturated rings. The van der Waals surface area contributed by atoms with Crippen LogP contribution in [0.1, 0.15) is 53.9 Å². The summed E-state index contributed by atoms with van der Waals surface area (Å²) in [6.07, 6.45) is 9.05. The number of esters is 1. The van der Waals surface area contributed by atoms with Crippen LogP contribution in [-0.4, -0.2) is 23.6 Å². The Morgan fingerprint density at radius 3 is 2.40 bits per heavy atom. The van der Waals surface area contributed by atoms with Gasteiger partial charge in [-0.1, -0.05) is 32.1 Å². The van der Waals surface area contributed by atoms with Crippen molar-refractivity contribution < 1.29 is 23.9 Å². The molecule has 0 bridgehead atoms. The van der Waals surface area contributed by atoms with Gasteiger partial charge < -0.3 is 20.5 Å². The number of nitrogens with two attached hydrogens (primary N) is 1. The fraction of sp³-hybridized carbons (Fsp3) is 0.444. The predicted octanol–water partition coefficient (Wildman–Crippen LogP) is 5.29. The first-order chi connectivity index (χ1) is 16.4. The summed E-state index contributed by atoms with van der Waals surface area (Å²) in [5.74, 6) is -0.255. The number of nitrogens with one attached hydrogen (secondary N) is 2. The number of hydrogen-bond acceptors (Lipinski definition) is 6. The zero-order valence-electron chi connectivity index (χ0n) is 21.0. The van der Waals surface area contributed by atoms with Crippen LogP contribution in [0.4, 0.5) is 16.2 Å². The van der Waals surface area contributed by atoms with Gasteiger partial charge >= 0.3 is 12.1 Å². The summed E-state index contributed by atoms with van der Waals surface area (Å²) in [7, 11) is 0. The molecule has 0 radical (unpaired) electrons. The van der Waals surface area contributed by atoms with E-state index in [0.717, 1.165) is 12.8 Å². The lowest BCUT2D eigenvalue weighted by molar-refractivity contribution is -0.129. The topological polar surface area (TPSA) is 120 Å². The van der Waals surface area contributed by atoms with Crippen LogP contribution in [0.3, 0.4) is 0 Å². The van der Waals surface area contributed by atoms with E-state index >= 15 is 0 Å². The van der Waals surface area contributed by atoms with Gasteiger partial charge in [0.15, 0.2) is 5.75 Å². The molecule has 4 N–H and O–H groups in total. The molecule has 0 aromatic heterocycles. The van der Waals surface area contributed by atoms with E-state index in [4.69, 9.17) is 15.2 Å². The third-order valence-electron chi connectivity index (χ3n) is 5.63. The van der Waals surface area contributed by atoms with Gasteiger partial charge in [-0.25, -0.2) is 9.59 Å². The third-order valence-corrected chi connectivity index (χ3v) is 5.63. The summed E-state index contributed by atoms with van der Waals surface area (Å²) >= 11 is 0. The van der Waals surface area contributed by atoms with Crippen molar-refractivity contribution in [3.05, 3.63) is 53.8 Å². The number of carbonyl (C=O) groups is 3. The quantitative estimate of drug-likeness (QED) is 0.299. The molecule has 0 heterocycles. The van der Waals surface area contributed by atoms with E-state index in [1.165, 1.54) is 6.07 Å². The lowest BCUT2D eigenvalue weighted by atomic mass is 9.89. The van der Waals surface area contributed by atoms with Crippen molar-refractivity contribution in [3.63, 3.8) is 0 Å². The molecule has 8 heteroatoms. The van der Waals surface area contributed by atoms with Crippen LogP contribution in [-0.2, 0) is 14.3 Å². The molecule has 1 aromatic rings. The van der Waals surface area contributed by atoms with E-state index in [1.54, 1.807) is 45.1 Å². The van der Waals surface area contributed by atoms with E-state index in [1.807, 2.05) is 19.1 Å². The fourth-order valence-electron chi connectivity index (χ4n) is 3.95. The van der Waals surface area contributed by atoms with Crippen LogP contribution in [0.15, 0.2) is 53.8 Å². The van der Waals surface area contributed by atoms with Gasteiger partial charge in [0.1, 0.15) is 5.60 Å². The van der Waals surface area contributed by atoms with Gasteiger partial charge in [-0.05, 0) is 76.1 Å². The van der Waals surface area contributed by atoms with Crippen LogP contribution in [0.2, 0.25) is 0 Å². The Morgan fingerprint density at radius 1 is 1.03 bits per heavy atom. The molecule has 3 rings (SSSR count). The molecule has 3 unspecified atom stereocenters. The number of ether oxygens (including phenoxy) is 2. The molecule has 8 nitrogen and oxygen atoms in total. The van der Waals surface area contributed by atoms with Gasteiger partial charge in [-0.15, -0.1) is 0 Å². The van der Waals surface area contributed by atoms with Gasteiger partial charge in [0.2, 0.25) is 5.91 Å². The zero-order valence-corrected chi connectivity index (χ0v) is 21.0. The standard InChI is InChI=1S/C27H35N3O5/c1-16-6-8-18(9-7-16)24(31)29-21-10-11-23(22(15-21)30-26(33)35-27(3,4)5)34-25(32)19-12-17(2)13-20(28)14-19/h6,8,10-12,14-18H,7,9,13,28H2,1-5H3,(H,29,31)(H,30,33). The van der Waals surface area contributed by atoms with Gasteiger partial charge in [0.25, 0.3) is 0 Å². The van der Waals surface area contributed by atoms with Crippen LogP contribution in [0, 0.1) is 17.8 Å². The minimum absolute atomic E-state index is 0.108. The number of amides is 2. The van der Waals surface area contributed by atoms with E-state index in [-0.39, 0.29) is 29.2 Å². The monoisotopic (exact) mass is 481 g/mol. The first kappa shape index (κ1) is 26.1. The van der Waals surface area contributed by atoms with Crippen LogP contribution < -0.4 is 21.1 Å². The van der Waals surface area contributed by atoms with Crippen molar-refractivity contribution in [2.75, 3.05) is 10.6 Å². The van der Waals surface area contributed by atoms with Crippen molar-refractivity contribution in [2.45, 2.75) is 59.5 Å². The Labute approximate surface area is 206 Å². The fourth-order valence-corrected chi connectivity index (χ4v) is 3.95. The van der Waals surface area contributed by atoms with Crippen LogP contribution >= 0.6 is 0 Å². The second-order valence-electron chi connectivity index (χ2n) is 10.3. The molecular weight excluding hydrogens is 446 g/mol. The number of carbonyl (C=O) groups excluding carboxylic acids is 3. The zero-order chi connectivity index (χ0) is 25.8. The van der Waals surface area contributed by atoms with Gasteiger partial charge in [0.05, 0.1) is 17.2 Å². The number of hydrogen-bond donors (Lipinski definition) is 3. The molecular formula is C27H35N3O5. The van der Waals surface area contributed by atoms with Crippen LogP contribution in [0.5, 0.6) is 5.75 Å². The van der Waals surface area contributed by atoms with Crippen molar-refractivity contribution in [2.24, 2.45) is 23.5 Å². The molecule has 3 atom stereocenters. The average Bonchev–Trinajstić information content (AvgIpc) is 2.74. The minimum Gasteiger partial charge on any atom is -0.444 e. The van der Waals surface area contributed by atoms with E-state index in [2.05, 4.69) is 17.6 Å². The Kier molecular flexibility index (Phi) is 8.04. The summed E-state index contributed by atoms with van der Waals surface area (Å²) in [6.45, 7) is 9.32. The molecule has 0 spiro atoms. The van der Waals surface area contributed by atoms with Crippen molar-refractivity contribution in [1.29, 1.82) is 0 Å². The molecule has 2 aliphatic rings. The maximum atomic E-state index is 12.8. The summed E-state index contributed by atoms with van der Waals surface area (Å²) < 4.78 is 10.9. The normalized spacial score (nSPS) is 21.9. The van der Waals surface area contributed by atoms with E-state index in [9.17, 15) is 14.4 Å².